The summed E-state index contributed by atoms with van der Waals surface area (Å²) in [4.78, 5) is 0.209. The van der Waals surface area contributed by atoms with E-state index in [0.29, 0.717) is 6.54 Å². The van der Waals surface area contributed by atoms with Crippen molar-refractivity contribution in [2.75, 3.05) is 33.5 Å². The molecule has 1 aromatic carbocycles. The fourth-order valence-corrected chi connectivity index (χ4v) is 5.80. The summed E-state index contributed by atoms with van der Waals surface area (Å²) < 4.78 is 40.9. The van der Waals surface area contributed by atoms with E-state index in [1.165, 1.54) is 12.1 Å². The molecule has 3 fully saturated rings. The maximum atomic E-state index is 11.6. The van der Waals surface area contributed by atoms with Gasteiger partial charge in [-0.25, -0.2) is 8.42 Å². The van der Waals surface area contributed by atoms with E-state index in [1.807, 2.05) is 0 Å². The fraction of sp³-hybridized carbons (Fsp3) is 0.727. The summed E-state index contributed by atoms with van der Waals surface area (Å²) >= 11 is 0. The molecule has 35 heavy (non-hydrogen) atoms. The minimum atomic E-state index is -3.30. The molecule has 3 aliphatic rings. The van der Waals surface area contributed by atoms with Gasteiger partial charge in [-0.15, -0.1) is 0 Å². The van der Waals surface area contributed by atoms with Crippen molar-refractivity contribution in [3.63, 3.8) is 0 Å². The molecule has 7 N–H and O–H groups in total. The summed E-state index contributed by atoms with van der Waals surface area (Å²) in [6.07, 6.45) is -4.31. The molecule has 9 unspecified atom stereocenters. The monoisotopic (exact) mass is 517 g/mol. The van der Waals surface area contributed by atoms with Crippen molar-refractivity contribution in [3.05, 3.63) is 29.8 Å². The lowest BCUT2D eigenvalue weighted by molar-refractivity contribution is -0.475. The molecule has 2 aliphatic heterocycles. The SMILES string of the molecule is CNC1C(O)C(NC)C2OC3(O)C(OCCC3(O)CNCc3ccc(S(C)(=O)=O)cc3)OC2C1O. The van der Waals surface area contributed by atoms with Crippen molar-refractivity contribution >= 4 is 9.84 Å². The molecule has 0 spiro atoms. The van der Waals surface area contributed by atoms with Crippen molar-refractivity contribution < 1.29 is 43.1 Å². The van der Waals surface area contributed by atoms with Crippen LogP contribution in [0.15, 0.2) is 29.2 Å². The Hall–Kier alpha value is -1.23. The van der Waals surface area contributed by atoms with Gasteiger partial charge in [0.25, 0.3) is 0 Å². The second-order valence-electron chi connectivity index (χ2n) is 9.49. The Kier molecular flexibility index (Phi) is 7.60. The van der Waals surface area contributed by atoms with Gasteiger partial charge in [0, 0.05) is 25.8 Å². The van der Waals surface area contributed by atoms with Crippen LogP contribution in [0.3, 0.4) is 0 Å². The third-order valence-electron chi connectivity index (χ3n) is 7.25. The van der Waals surface area contributed by atoms with Crippen LogP contribution in [0.2, 0.25) is 0 Å². The summed E-state index contributed by atoms with van der Waals surface area (Å²) in [6, 6.07) is 4.93. The van der Waals surface area contributed by atoms with E-state index in [9.17, 15) is 28.8 Å². The molecule has 0 aromatic heterocycles. The van der Waals surface area contributed by atoms with E-state index in [0.717, 1.165) is 11.8 Å². The summed E-state index contributed by atoms with van der Waals surface area (Å²) in [5.74, 6) is -2.28. The van der Waals surface area contributed by atoms with Crippen molar-refractivity contribution in [3.8, 4) is 0 Å². The predicted molar refractivity (Wildman–Crippen MR) is 123 cm³/mol. The van der Waals surface area contributed by atoms with Crippen LogP contribution in [0.5, 0.6) is 0 Å². The molecule has 12 nitrogen and oxygen atoms in total. The molecule has 1 saturated carbocycles. The molecule has 2 heterocycles. The van der Waals surface area contributed by atoms with Crippen molar-refractivity contribution in [2.24, 2.45) is 0 Å². The molecule has 0 bridgehead atoms. The highest BCUT2D eigenvalue weighted by molar-refractivity contribution is 7.90. The molecule has 9 atom stereocenters. The fourth-order valence-electron chi connectivity index (χ4n) is 5.17. The number of likely N-dealkylation sites (N-methyl/N-ethyl adjacent to an activating group) is 2. The molecule has 0 amide bonds. The van der Waals surface area contributed by atoms with Gasteiger partial charge in [0.05, 0.1) is 29.7 Å². The topological polar surface area (TPSA) is 179 Å². The molecule has 4 rings (SSSR count). The first-order valence-corrected chi connectivity index (χ1v) is 13.4. The zero-order valence-electron chi connectivity index (χ0n) is 19.9. The number of ether oxygens (including phenoxy) is 3. The number of hydrogen-bond donors (Lipinski definition) is 7. The highest BCUT2D eigenvalue weighted by Gasteiger charge is 2.67. The average molecular weight is 518 g/mol. The summed E-state index contributed by atoms with van der Waals surface area (Å²) in [7, 11) is -0.0691. The first-order valence-electron chi connectivity index (χ1n) is 11.6. The molecular weight excluding hydrogens is 482 g/mol. The number of fused-ring (bicyclic) bond motifs is 2. The van der Waals surface area contributed by atoms with E-state index >= 15 is 0 Å². The zero-order valence-corrected chi connectivity index (χ0v) is 20.7. The molecule has 1 aromatic rings. The molecule has 198 valence electrons. The van der Waals surface area contributed by atoms with Crippen molar-refractivity contribution in [1.82, 2.24) is 16.0 Å². The Balaban J connectivity index is 1.50. The zero-order chi connectivity index (χ0) is 25.6. The van der Waals surface area contributed by atoms with Gasteiger partial charge in [-0.3, -0.25) is 0 Å². The largest absolute Gasteiger partial charge is 0.390 e. The quantitative estimate of drug-likeness (QED) is 0.196. The Morgan fingerprint density at radius 3 is 2.29 bits per heavy atom. The van der Waals surface area contributed by atoms with Crippen LogP contribution in [-0.2, 0) is 30.6 Å². The first-order chi connectivity index (χ1) is 16.4. The number of benzene rings is 1. The van der Waals surface area contributed by atoms with E-state index in [4.69, 9.17) is 14.2 Å². The number of hydrogen-bond acceptors (Lipinski definition) is 12. The lowest BCUT2D eigenvalue weighted by atomic mass is 9.78. The van der Waals surface area contributed by atoms with Crippen LogP contribution in [0.4, 0.5) is 0 Å². The van der Waals surface area contributed by atoms with Gasteiger partial charge < -0.3 is 50.6 Å². The van der Waals surface area contributed by atoms with Gasteiger partial charge in [0.2, 0.25) is 12.1 Å². The van der Waals surface area contributed by atoms with Gasteiger partial charge in [0.15, 0.2) is 9.84 Å². The maximum Gasteiger partial charge on any atom is 0.249 e. The van der Waals surface area contributed by atoms with Crippen LogP contribution in [0.25, 0.3) is 0 Å². The van der Waals surface area contributed by atoms with Crippen LogP contribution < -0.4 is 16.0 Å². The highest BCUT2D eigenvalue weighted by Crippen LogP contribution is 2.44. The first kappa shape index (κ1) is 26.8. The second-order valence-corrected chi connectivity index (χ2v) is 11.5. The lowest BCUT2D eigenvalue weighted by Gasteiger charge is -2.59. The second kappa shape index (κ2) is 9.91. The maximum absolute atomic E-state index is 11.6. The minimum absolute atomic E-state index is 0.0369. The molecule has 0 radical (unpaired) electrons. The molecule has 1 aliphatic carbocycles. The van der Waals surface area contributed by atoms with Gasteiger partial charge in [-0.05, 0) is 31.8 Å². The Labute approximate surface area is 204 Å². The van der Waals surface area contributed by atoms with Gasteiger partial charge in [-0.1, -0.05) is 12.1 Å². The van der Waals surface area contributed by atoms with E-state index in [2.05, 4.69) is 16.0 Å². The Bertz CT molecular complexity index is 996. The number of rotatable bonds is 7. The third-order valence-corrected chi connectivity index (χ3v) is 8.38. The van der Waals surface area contributed by atoms with Crippen molar-refractivity contribution in [2.45, 2.75) is 72.0 Å². The highest BCUT2D eigenvalue weighted by atomic mass is 32.2. The predicted octanol–water partition coefficient (Wildman–Crippen LogP) is -2.96. The number of aliphatic hydroxyl groups excluding tert-OH is 2. The summed E-state index contributed by atoms with van der Waals surface area (Å²) in [6.45, 7) is 0.284. The van der Waals surface area contributed by atoms with Crippen molar-refractivity contribution in [1.29, 1.82) is 0 Å². The number of aliphatic hydroxyl groups is 4. The molecule has 13 heteroatoms. The van der Waals surface area contributed by atoms with Gasteiger partial charge in [-0.2, -0.15) is 0 Å². The summed E-state index contributed by atoms with van der Waals surface area (Å²) in [5.41, 5.74) is -1.04. The lowest BCUT2D eigenvalue weighted by Crippen LogP contribution is -2.80. The standard InChI is InChI=1S/C22H35N3O9S/c1-23-14-16(26)15(24-2)18-19(17(14)27)33-20-22(29,34-18)21(28,8-9-32-20)11-25-10-12-4-6-13(7-5-12)35(3,30)31/h4-7,14-20,23-29H,8-11H2,1-3H3. The number of sulfone groups is 1. The van der Waals surface area contributed by atoms with Crippen LogP contribution in [0, 0.1) is 0 Å². The van der Waals surface area contributed by atoms with E-state index < -0.39 is 64.0 Å². The van der Waals surface area contributed by atoms with Gasteiger partial charge >= 0.3 is 0 Å². The van der Waals surface area contributed by atoms with Crippen LogP contribution in [-0.4, -0.2) is 117 Å². The third kappa shape index (κ3) is 4.76. The van der Waals surface area contributed by atoms with E-state index in [-0.39, 0.29) is 24.5 Å². The average Bonchev–Trinajstić information content (AvgIpc) is 2.80. The number of nitrogens with one attached hydrogen (secondary N) is 3. The molecule has 2 saturated heterocycles. The molecular formula is C22H35N3O9S. The smallest absolute Gasteiger partial charge is 0.249 e. The normalized spacial score (nSPS) is 41.7. The Morgan fingerprint density at radius 1 is 1.03 bits per heavy atom. The van der Waals surface area contributed by atoms with Crippen LogP contribution >= 0.6 is 0 Å². The Morgan fingerprint density at radius 2 is 1.69 bits per heavy atom. The minimum Gasteiger partial charge on any atom is -0.390 e. The summed E-state index contributed by atoms with van der Waals surface area (Å²) in [5, 5.41) is 53.5. The van der Waals surface area contributed by atoms with E-state index in [1.54, 1.807) is 26.2 Å². The van der Waals surface area contributed by atoms with Gasteiger partial charge in [0.1, 0.15) is 23.9 Å². The van der Waals surface area contributed by atoms with Crippen LogP contribution in [0.1, 0.15) is 12.0 Å².